The molecule has 0 bridgehead atoms. The van der Waals surface area contributed by atoms with Gasteiger partial charge in [-0.05, 0) is 18.6 Å². The van der Waals surface area contributed by atoms with Gasteiger partial charge in [-0.15, -0.1) is 0 Å². The van der Waals surface area contributed by atoms with Crippen LogP contribution in [-0.2, 0) is 4.74 Å². The van der Waals surface area contributed by atoms with Crippen molar-refractivity contribution >= 4 is 16.7 Å². The van der Waals surface area contributed by atoms with E-state index in [0.717, 1.165) is 42.8 Å². The van der Waals surface area contributed by atoms with Crippen LogP contribution in [0.4, 0.5) is 5.82 Å². The molecule has 4 nitrogen and oxygen atoms in total. The highest BCUT2D eigenvalue weighted by Crippen LogP contribution is 2.26. The average Bonchev–Trinajstić information content (AvgIpc) is 2.95. The standard InChI is InChI=1S/C16H17N3O/c1-20-11-12-6-7-19(10-12)16-8-13(9-17)14-4-2-3-5-15(14)18-16/h2-5,8,12H,6-7,10-11H2,1H3. The maximum Gasteiger partial charge on any atom is 0.130 e. The zero-order valence-electron chi connectivity index (χ0n) is 11.5. The van der Waals surface area contributed by atoms with E-state index < -0.39 is 0 Å². The van der Waals surface area contributed by atoms with E-state index in [4.69, 9.17) is 9.72 Å². The number of hydrogen-bond acceptors (Lipinski definition) is 4. The summed E-state index contributed by atoms with van der Waals surface area (Å²) in [4.78, 5) is 6.94. The summed E-state index contributed by atoms with van der Waals surface area (Å²) in [5.74, 6) is 1.46. The summed E-state index contributed by atoms with van der Waals surface area (Å²) in [6.45, 7) is 2.71. The minimum Gasteiger partial charge on any atom is -0.384 e. The minimum absolute atomic E-state index is 0.554. The number of fused-ring (bicyclic) bond motifs is 1. The van der Waals surface area contributed by atoms with E-state index in [1.807, 2.05) is 30.3 Å². The number of pyridine rings is 1. The zero-order valence-corrected chi connectivity index (χ0v) is 11.5. The Kier molecular flexibility index (Phi) is 3.53. The van der Waals surface area contributed by atoms with Crippen molar-refractivity contribution < 1.29 is 4.74 Å². The number of benzene rings is 1. The van der Waals surface area contributed by atoms with Crippen LogP contribution in [0.15, 0.2) is 30.3 Å². The highest BCUT2D eigenvalue weighted by molar-refractivity contribution is 5.86. The van der Waals surface area contributed by atoms with Crippen LogP contribution in [0.25, 0.3) is 10.9 Å². The normalized spacial score (nSPS) is 18.4. The van der Waals surface area contributed by atoms with Crippen LogP contribution in [0.3, 0.4) is 0 Å². The summed E-state index contributed by atoms with van der Waals surface area (Å²) in [5, 5.41) is 10.2. The molecule has 1 saturated heterocycles. The van der Waals surface area contributed by atoms with Gasteiger partial charge >= 0.3 is 0 Å². The Labute approximate surface area is 118 Å². The quantitative estimate of drug-likeness (QED) is 0.857. The fraction of sp³-hybridized carbons (Fsp3) is 0.375. The summed E-state index contributed by atoms with van der Waals surface area (Å²) >= 11 is 0. The van der Waals surface area contributed by atoms with Crippen LogP contribution in [0.5, 0.6) is 0 Å². The van der Waals surface area contributed by atoms with E-state index in [1.165, 1.54) is 0 Å². The number of hydrogen-bond donors (Lipinski definition) is 0. The van der Waals surface area contributed by atoms with Gasteiger partial charge < -0.3 is 9.64 Å². The SMILES string of the molecule is COCC1CCN(c2cc(C#N)c3ccccc3n2)C1. The van der Waals surface area contributed by atoms with E-state index in [-0.39, 0.29) is 0 Å². The Balaban J connectivity index is 1.95. The third kappa shape index (κ3) is 2.33. The predicted molar refractivity (Wildman–Crippen MR) is 78.7 cm³/mol. The number of rotatable bonds is 3. The largest absolute Gasteiger partial charge is 0.384 e. The molecule has 2 heterocycles. The summed E-state index contributed by atoms with van der Waals surface area (Å²) in [5.41, 5.74) is 1.58. The number of methoxy groups -OCH3 is 1. The van der Waals surface area contributed by atoms with Gasteiger partial charge in [-0.2, -0.15) is 5.26 Å². The summed E-state index contributed by atoms with van der Waals surface area (Å²) in [6.07, 6.45) is 1.12. The first-order valence-corrected chi connectivity index (χ1v) is 6.85. The average molecular weight is 267 g/mol. The maximum atomic E-state index is 9.32. The van der Waals surface area contributed by atoms with Crippen molar-refractivity contribution in [2.75, 3.05) is 31.7 Å². The Morgan fingerprint density at radius 2 is 2.30 bits per heavy atom. The van der Waals surface area contributed by atoms with Crippen molar-refractivity contribution in [3.63, 3.8) is 0 Å². The van der Waals surface area contributed by atoms with Gasteiger partial charge in [0.1, 0.15) is 5.82 Å². The summed E-state index contributed by atoms with van der Waals surface area (Å²) in [7, 11) is 1.74. The lowest BCUT2D eigenvalue weighted by Gasteiger charge is -2.18. The number of ether oxygens (including phenoxy) is 1. The fourth-order valence-corrected chi connectivity index (χ4v) is 2.83. The second-order valence-electron chi connectivity index (χ2n) is 5.21. The molecule has 1 fully saturated rings. The van der Waals surface area contributed by atoms with Crippen molar-refractivity contribution in [3.05, 3.63) is 35.9 Å². The van der Waals surface area contributed by atoms with Gasteiger partial charge in [-0.1, -0.05) is 18.2 Å². The molecule has 102 valence electrons. The molecular formula is C16H17N3O. The van der Waals surface area contributed by atoms with E-state index in [9.17, 15) is 5.26 Å². The van der Waals surface area contributed by atoms with Gasteiger partial charge in [0.2, 0.25) is 0 Å². The summed E-state index contributed by atoms with van der Waals surface area (Å²) < 4.78 is 5.23. The third-order valence-electron chi connectivity index (χ3n) is 3.84. The van der Waals surface area contributed by atoms with Gasteiger partial charge in [0.15, 0.2) is 0 Å². The molecule has 1 aliphatic rings. The lowest BCUT2D eigenvalue weighted by molar-refractivity contribution is 0.161. The summed E-state index contributed by atoms with van der Waals surface area (Å²) in [6, 6.07) is 12.0. The minimum atomic E-state index is 0.554. The molecule has 0 amide bonds. The Morgan fingerprint density at radius 1 is 1.45 bits per heavy atom. The van der Waals surface area contributed by atoms with Gasteiger partial charge in [-0.25, -0.2) is 4.98 Å². The smallest absolute Gasteiger partial charge is 0.130 e. The molecular weight excluding hydrogens is 250 g/mol. The molecule has 0 saturated carbocycles. The van der Waals surface area contributed by atoms with Crippen LogP contribution in [0, 0.1) is 17.2 Å². The number of para-hydroxylation sites is 1. The van der Waals surface area contributed by atoms with Crippen molar-refractivity contribution in [3.8, 4) is 6.07 Å². The molecule has 0 aliphatic carbocycles. The van der Waals surface area contributed by atoms with Gasteiger partial charge in [0.05, 0.1) is 23.8 Å². The van der Waals surface area contributed by atoms with Crippen molar-refractivity contribution in [1.29, 1.82) is 5.26 Å². The molecule has 0 N–H and O–H groups in total. The molecule has 1 aromatic heterocycles. The Bertz CT molecular complexity index is 662. The molecule has 3 rings (SSSR count). The first-order chi connectivity index (χ1) is 9.81. The highest BCUT2D eigenvalue weighted by Gasteiger charge is 2.24. The number of nitrogens with zero attached hydrogens (tertiary/aromatic N) is 3. The van der Waals surface area contributed by atoms with Gasteiger partial charge in [-0.3, -0.25) is 0 Å². The third-order valence-corrected chi connectivity index (χ3v) is 3.84. The lowest BCUT2D eigenvalue weighted by Crippen LogP contribution is -2.22. The van der Waals surface area contributed by atoms with E-state index in [0.29, 0.717) is 11.5 Å². The molecule has 1 aliphatic heterocycles. The molecule has 4 heteroatoms. The second kappa shape index (κ2) is 5.48. The first kappa shape index (κ1) is 12.9. The Morgan fingerprint density at radius 3 is 3.10 bits per heavy atom. The van der Waals surface area contributed by atoms with Gasteiger partial charge in [0.25, 0.3) is 0 Å². The van der Waals surface area contributed by atoms with Gasteiger partial charge in [0, 0.05) is 31.5 Å². The van der Waals surface area contributed by atoms with E-state index in [1.54, 1.807) is 7.11 Å². The number of nitriles is 1. The van der Waals surface area contributed by atoms with Crippen molar-refractivity contribution in [1.82, 2.24) is 4.98 Å². The van der Waals surface area contributed by atoms with E-state index >= 15 is 0 Å². The first-order valence-electron chi connectivity index (χ1n) is 6.85. The molecule has 0 spiro atoms. The molecule has 20 heavy (non-hydrogen) atoms. The topological polar surface area (TPSA) is 49.1 Å². The predicted octanol–water partition coefficient (Wildman–Crippen LogP) is 2.58. The molecule has 1 atom stereocenters. The van der Waals surface area contributed by atoms with Crippen LogP contribution < -0.4 is 4.90 Å². The second-order valence-corrected chi connectivity index (χ2v) is 5.21. The Hall–Kier alpha value is -2.12. The number of aromatic nitrogens is 1. The maximum absolute atomic E-state index is 9.32. The number of anilines is 1. The van der Waals surface area contributed by atoms with Crippen molar-refractivity contribution in [2.45, 2.75) is 6.42 Å². The zero-order chi connectivity index (χ0) is 13.9. The molecule has 2 aromatic rings. The van der Waals surface area contributed by atoms with Crippen LogP contribution in [-0.4, -0.2) is 31.8 Å². The van der Waals surface area contributed by atoms with E-state index in [2.05, 4.69) is 11.0 Å². The fourth-order valence-electron chi connectivity index (χ4n) is 2.83. The lowest BCUT2D eigenvalue weighted by atomic mass is 10.1. The highest BCUT2D eigenvalue weighted by atomic mass is 16.5. The monoisotopic (exact) mass is 267 g/mol. The van der Waals surface area contributed by atoms with Crippen LogP contribution in [0.2, 0.25) is 0 Å². The molecule has 1 aromatic carbocycles. The van der Waals surface area contributed by atoms with Crippen LogP contribution in [0.1, 0.15) is 12.0 Å². The van der Waals surface area contributed by atoms with Crippen LogP contribution >= 0.6 is 0 Å². The van der Waals surface area contributed by atoms with Crippen molar-refractivity contribution in [2.24, 2.45) is 5.92 Å². The molecule has 1 unspecified atom stereocenters. The molecule has 0 radical (unpaired) electrons.